The number of alkyl halides is 2. The summed E-state index contributed by atoms with van der Waals surface area (Å²) in [6.45, 7) is 0.344. The van der Waals surface area contributed by atoms with Crippen molar-refractivity contribution < 1.29 is 32.6 Å². The highest BCUT2D eigenvalue weighted by Crippen LogP contribution is 2.35. The summed E-state index contributed by atoms with van der Waals surface area (Å²) in [5, 5.41) is 2.11. The quantitative estimate of drug-likeness (QED) is 0.606. The van der Waals surface area contributed by atoms with E-state index in [1.165, 1.54) is 31.4 Å². The molecule has 0 radical (unpaired) electrons. The molecule has 0 saturated carbocycles. The molecule has 3 rings (SSSR count). The zero-order valence-electron chi connectivity index (χ0n) is 17.5. The van der Waals surface area contributed by atoms with E-state index in [-0.39, 0.29) is 16.4 Å². The number of aryl methyl sites for hydroxylation is 2. The van der Waals surface area contributed by atoms with Crippen LogP contribution in [0.5, 0.6) is 11.5 Å². The Balaban J connectivity index is 1.72. The van der Waals surface area contributed by atoms with Gasteiger partial charge in [0.15, 0.2) is 11.5 Å². The summed E-state index contributed by atoms with van der Waals surface area (Å²) in [7, 11) is 1.29. The Morgan fingerprint density at radius 2 is 1.81 bits per heavy atom. The lowest BCUT2D eigenvalue weighted by Gasteiger charge is -2.13. The van der Waals surface area contributed by atoms with Crippen LogP contribution in [0.2, 0.25) is 0 Å². The molecular weight excluding hydrogens is 442 g/mol. The first kappa shape index (κ1) is 23.3. The summed E-state index contributed by atoms with van der Waals surface area (Å²) in [6, 6.07) is 9.65. The maximum atomic E-state index is 12.7. The van der Waals surface area contributed by atoms with E-state index in [1.807, 2.05) is 19.9 Å². The number of nitrogens with zero attached hydrogens (tertiary/aromatic N) is 1. The monoisotopic (exact) mass is 462 g/mol. The maximum absolute atomic E-state index is 12.7. The van der Waals surface area contributed by atoms with E-state index in [0.29, 0.717) is 23.0 Å². The maximum Gasteiger partial charge on any atom is 0.387 e. The number of benzene rings is 2. The first-order valence-electron chi connectivity index (χ1n) is 9.42. The van der Waals surface area contributed by atoms with Crippen LogP contribution in [0.3, 0.4) is 0 Å². The number of rotatable bonds is 7. The van der Waals surface area contributed by atoms with Crippen molar-refractivity contribution in [3.63, 3.8) is 0 Å². The number of imide groups is 1. The van der Waals surface area contributed by atoms with E-state index in [2.05, 4.69) is 10.1 Å². The zero-order chi connectivity index (χ0) is 23.4. The van der Waals surface area contributed by atoms with Crippen molar-refractivity contribution in [2.45, 2.75) is 20.5 Å². The van der Waals surface area contributed by atoms with Gasteiger partial charge in [-0.3, -0.25) is 19.3 Å². The molecule has 0 unspecified atom stereocenters. The van der Waals surface area contributed by atoms with Gasteiger partial charge >= 0.3 is 6.61 Å². The molecule has 0 aliphatic carbocycles. The Hall–Kier alpha value is -3.40. The van der Waals surface area contributed by atoms with Crippen LogP contribution in [0.25, 0.3) is 6.08 Å². The first-order chi connectivity index (χ1) is 15.2. The van der Waals surface area contributed by atoms with E-state index in [4.69, 9.17) is 4.74 Å². The van der Waals surface area contributed by atoms with Crippen LogP contribution in [-0.4, -0.2) is 42.2 Å². The molecule has 0 aromatic heterocycles. The molecule has 3 amide bonds. The predicted octanol–water partition coefficient (Wildman–Crippen LogP) is 4.59. The number of hydrogen-bond donors (Lipinski definition) is 1. The molecule has 1 N–H and O–H groups in total. The minimum absolute atomic E-state index is 0.0473. The topological polar surface area (TPSA) is 84.9 Å². The lowest BCUT2D eigenvalue weighted by Crippen LogP contribution is -2.36. The van der Waals surface area contributed by atoms with Gasteiger partial charge in [0.2, 0.25) is 5.91 Å². The second-order valence-electron chi connectivity index (χ2n) is 6.98. The SMILES string of the molecule is COc1cc(/C=C2\SC(=O)N(CC(=O)Nc3cc(C)cc(C)c3)C2=O)ccc1OC(F)F. The number of halogens is 2. The van der Waals surface area contributed by atoms with E-state index in [1.54, 1.807) is 12.1 Å². The van der Waals surface area contributed by atoms with E-state index >= 15 is 0 Å². The number of nitrogens with one attached hydrogen (secondary N) is 1. The smallest absolute Gasteiger partial charge is 0.387 e. The average molecular weight is 462 g/mol. The van der Waals surface area contributed by atoms with Crippen molar-refractivity contribution in [2.24, 2.45) is 0 Å². The summed E-state index contributed by atoms with van der Waals surface area (Å²) in [5.41, 5.74) is 2.95. The van der Waals surface area contributed by atoms with Gasteiger partial charge in [0.1, 0.15) is 6.54 Å². The third kappa shape index (κ3) is 5.64. The number of hydrogen-bond acceptors (Lipinski definition) is 6. The van der Waals surface area contributed by atoms with Gasteiger partial charge in [0, 0.05) is 5.69 Å². The molecule has 0 atom stereocenters. The van der Waals surface area contributed by atoms with Gasteiger partial charge in [-0.25, -0.2) is 0 Å². The molecule has 7 nitrogen and oxygen atoms in total. The summed E-state index contributed by atoms with van der Waals surface area (Å²) in [5.74, 6) is -1.24. The van der Waals surface area contributed by atoms with Gasteiger partial charge in [0.25, 0.3) is 11.1 Å². The molecule has 1 saturated heterocycles. The van der Waals surface area contributed by atoms with Crippen molar-refractivity contribution in [3.8, 4) is 11.5 Å². The van der Waals surface area contributed by atoms with E-state index in [0.717, 1.165) is 16.0 Å². The number of carbonyl (C=O) groups excluding carboxylic acids is 3. The molecule has 10 heteroatoms. The molecule has 0 spiro atoms. The van der Waals surface area contributed by atoms with Crippen LogP contribution in [0, 0.1) is 13.8 Å². The van der Waals surface area contributed by atoms with Crippen LogP contribution in [-0.2, 0) is 9.59 Å². The lowest BCUT2D eigenvalue weighted by atomic mass is 10.1. The Morgan fingerprint density at radius 1 is 1.12 bits per heavy atom. The highest BCUT2D eigenvalue weighted by Gasteiger charge is 2.36. The van der Waals surface area contributed by atoms with Gasteiger partial charge in [-0.05, 0) is 72.6 Å². The van der Waals surface area contributed by atoms with Crippen LogP contribution in [0.4, 0.5) is 19.3 Å². The molecule has 1 aliphatic rings. The first-order valence-corrected chi connectivity index (χ1v) is 10.2. The summed E-state index contributed by atoms with van der Waals surface area (Å²) < 4.78 is 34.3. The fraction of sp³-hybridized carbons (Fsp3) is 0.227. The number of thioether (sulfide) groups is 1. The fourth-order valence-corrected chi connectivity index (χ4v) is 3.98. The lowest BCUT2D eigenvalue weighted by molar-refractivity contribution is -0.127. The standard InChI is InChI=1S/C22H20F2N2O5S/c1-12-6-13(2)8-15(7-12)25-19(27)11-26-20(28)18(32-22(26)29)10-14-4-5-16(31-21(23)24)17(9-14)30-3/h4-10,21H,11H2,1-3H3,(H,25,27)/b18-10-. The zero-order valence-corrected chi connectivity index (χ0v) is 18.3. The largest absolute Gasteiger partial charge is 0.493 e. The third-order valence-electron chi connectivity index (χ3n) is 4.38. The summed E-state index contributed by atoms with van der Waals surface area (Å²) in [4.78, 5) is 38.3. The second kappa shape index (κ2) is 9.82. The van der Waals surface area contributed by atoms with Crippen molar-refractivity contribution in [2.75, 3.05) is 19.0 Å². The predicted molar refractivity (Wildman–Crippen MR) is 117 cm³/mol. The third-order valence-corrected chi connectivity index (χ3v) is 5.29. The van der Waals surface area contributed by atoms with Gasteiger partial charge in [-0.1, -0.05) is 12.1 Å². The van der Waals surface area contributed by atoms with Gasteiger partial charge in [-0.2, -0.15) is 8.78 Å². The van der Waals surface area contributed by atoms with Crippen molar-refractivity contribution in [1.29, 1.82) is 0 Å². The molecule has 2 aromatic rings. The fourth-order valence-electron chi connectivity index (χ4n) is 3.15. The second-order valence-corrected chi connectivity index (χ2v) is 7.97. The summed E-state index contributed by atoms with van der Waals surface area (Å²) >= 11 is 0.685. The van der Waals surface area contributed by atoms with Crippen LogP contribution in [0.1, 0.15) is 16.7 Å². The minimum atomic E-state index is -3.01. The molecule has 1 heterocycles. The normalized spacial score (nSPS) is 14.9. The van der Waals surface area contributed by atoms with E-state index in [9.17, 15) is 23.2 Å². The molecule has 32 heavy (non-hydrogen) atoms. The Morgan fingerprint density at radius 3 is 2.44 bits per heavy atom. The number of ether oxygens (including phenoxy) is 2. The number of methoxy groups -OCH3 is 1. The molecule has 1 fully saturated rings. The molecule has 168 valence electrons. The van der Waals surface area contributed by atoms with Crippen molar-refractivity contribution in [1.82, 2.24) is 4.90 Å². The number of anilines is 1. The minimum Gasteiger partial charge on any atom is -0.493 e. The van der Waals surface area contributed by atoms with Crippen LogP contribution < -0.4 is 14.8 Å². The van der Waals surface area contributed by atoms with Crippen LogP contribution >= 0.6 is 11.8 Å². The van der Waals surface area contributed by atoms with E-state index < -0.39 is 30.2 Å². The van der Waals surface area contributed by atoms with Gasteiger partial charge < -0.3 is 14.8 Å². The molecule has 0 bridgehead atoms. The summed E-state index contributed by atoms with van der Waals surface area (Å²) in [6.07, 6.45) is 1.42. The Kier molecular flexibility index (Phi) is 7.14. The Labute approximate surface area is 187 Å². The highest BCUT2D eigenvalue weighted by molar-refractivity contribution is 8.18. The number of amides is 3. The molecule has 1 aliphatic heterocycles. The number of carbonyl (C=O) groups is 3. The van der Waals surface area contributed by atoms with Gasteiger partial charge in [-0.15, -0.1) is 0 Å². The molecule has 2 aromatic carbocycles. The van der Waals surface area contributed by atoms with Gasteiger partial charge in [0.05, 0.1) is 12.0 Å². The highest BCUT2D eigenvalue weighted by atomic mass is 32.2. The average Bonchev–Trinajstić information content (AvgIpc) is 2.95. The van der Waals surface area contributed by atoms with Crippen LogP contribution in [0.15, 0.2) is 41.3 Å². The van der Waals surface area contributed by atoms with Crippen molar-refractivity contribution >= 4 is 40.6 Å². The van der Waals surface area contributed by atoms with Crippen molar-refractivity contribution in [3.05, 3.63) is 58.0 Å². The Bertz CT molecular complexity index is 1080. The molecular formula is C22H20F2N2O5S.